The van der Waals surface area contributed by atoms with Crippen LogP contribution in [-0.2, 0) is 12.4 Å². The van der Waals surface area contributed by atoms with Gasteiger partial charge in [0.2, 0.25) is 0 Å². The lowest BCUT2D eigenvalue weighted by molar-refractivity contribution is -0.138. The van der Waals surface area contributed by atoms with Gasteiger partial charge in [-0.2, -0.15) is 26.3 Å². The largest absolute Gasteiger partial charge is 0.416 e. The zero-order chi connectivity index (χ0) is 24.1. The van der Waals surface area contributed by atoms with E-state index in [1.54, 1.807) is 6.07 Å². The number of rotatable bonds is 2. The Morgan fingerprint density at radius 3 is 1.53 bits per heavy atom. The molecule has 1 aromatic heterocycles. The van der Waals surface area contributed by atoms with Crippen molar-refractivity contribution in [2.75, 3.05) is 0 Å². The van der Waals surface area contributed by atoms with E-state index >= 15 is 0 Å². The summed E-state index contributed by atoms with van der Waals surface area (Å²) in [4.78, 5) is 0. The summed E-state index contributed by atoms with van der Waals surface area (Å²) in [5, 5.41) is 11.6. The summed E-state index contributed by atoms with van der Waals surface area (Å²) in [7, 11) is 0. The topological polar surface area (TPSA) is 25.8 Å². The van der Waals surface area contributed by atoms with Crippen molar-refractivity contribution in [1.82, 2.24) is 10.2 Å². The monoisotopic (exact) mass is 468 g/mol. The molecule has 0 fully saturated rings. The first-order valence-corrected chi connectivity index (χ1v) is 10.2. The van der Waals surface area contributed by atoms with Crippen molar-refractivity contribution >= 4 is 21.5 Å². The molecule has 8 heteroatoms. The van der Waals surface area contributed by atoms with Crippen LogP contribution in [0.1, 0.15) is 11.1 Å². The number of hydrogen-bond acceptors (Lipinski definition) is 2. The van der Waals surface area contributed by atoms with Gasteiger partial charge in [0.1, 0.15) is 11.4 Å². The lowest BCUT2D eigenvalue weighted by atomic mass is 9.95. The van der Waals surface area contributed by atoms with Crippen LogP contribution >= 0.6 is 0 Å². The molecule has 0 amide bonds. The van der Waals surface area contributed by atoms with Crippen LogP contribution in [0.15, 0.2) is 84.9 Å². The van der Waals surface area contributed by atoms with Gasteiger partial charge in [0, 0.05) is 21.9 Å². The van der Waals surface area contributed by atoms with E-state index in [9.17, 15) is 26.3 Å². The van der Waals surface area contributed by atoms with Gasteiger partial charge in [0.15, 0.2) is 0 Å². The average molecular weight is 468 g/mol. The third-order valence-electron chi connectivity index (χ3n) is 5.64. The predicted octanol–water partition coefficient (Wildman–Crippen LogP) is 8.15. The van der Waals surface area contributed by atoms with Gasteiger partial charge in [-0.15, -0.1) is 10.2 Å². The Balaban J connectivity index is 1.75. The Morgan fingerprint density at radius 2 is 0.971 bits per heavy atom. The molecule has 0 radical (unpaired) electrons. The van der Waals surface area contributed by atoms with Crippen LogP contribution in [-0.4, -0.2) is 10.2 Å². The van der Waals surface area contributed by atoms with E-state index in [1.165, 1.54) is 24.3 Å². The first-order valence-electron chi connectivity index (χ1n) is 10.2. The van der Waals surface area contributed by atoms with E-state index in [4.69, 9.17) is 0 Å². The van der Waals surface area contributed by atoms with Gasteiger partial charge in [-0.25, -0.2) is 0 Å². The van der Waals surface area contributed by atoms with Crippen molar-refractivity contribution < 1.29 is 26.3 Å². The fourth-order valence-electron chi connectivity index (χ4n) is 3.98. The van der Waals surface area contributed by atoms with Crippen molar-refractivity contribution in [2.45, 2.75) is 12.4 Å². The highest BCUT2D eigenvalue weighted by Crippen LogP contribution is 2.39. The van der Waals surface area contributed by atoms with E-state index in [0.717, 1.165) is 35.0 Å². The molecular weight excluding hydrogens is 454 g/mol. The fourth-order valence-corrected chi connectivity index (χ4v) is 3.98. The molecule has 0 bridgehead atoms. The van der Waals surface area contributed by atoms with Gasteiger partial charge in [0.05, 0.1) is 11.1 Å². The molecule has 5 aromatic rings. The number of alkyl halides is 6. The van der Waals surface area contributed by atoms with Gasteiger partial charge >= 0.3 is 12.4 Å². The van der Waals surface area contributed by atoms with Crippen molar-refractivity contribution in [2.24, 2.45) is 0 Å². The summed E-state index contributed by atoms with van der Waals surface area (Å²) in [5.41, 5.74) is 0.0991. The number of fused-ring (bicyclic) bond motifs is 3. The summed E-state index contributed by atoms with van der Waals surface area (Å²) in [6, 6.07) is 20.4. The second kappa shape index (κ2) is 7.83. The zero-order valence-corrected chi connectivity index (χ0v) is 17.2. The highest BCUT2D eigenvalue weighted by molar-refractivity contribution is 6.16. The number of benzene rings is 4. The normalized spacial score (nSPS) is 12.4. The Morgan fingerprint density at radius 1 is 0.471 bits per heavy atom. The second-order valence-corrected chi connectivity index (χ2v) is 7.76. The molecule has 2 nitrogen and oxygen atoms in total. The first-order chi connectivity index (χ1) is 16.1. The third-order valence-corrected chi connectivity index (χ3v) is 5.64. The Kier molecular flexibility index (Phi) is 5.04. The molecule has 0 aliphatic carbocycles. The Hall–Kier alpha value is -3.94. The van der Waals surface area contributed by atoms with Gasteiger partial charge in [0.25, 0.3) is 0 Å². The second-order valence-electron chi connectivity index (χ2n) is 7.76. The SMILES string of the molecule is FC(F)(F)c1ccc(-c2nnc(-c3ccc(C(F)(F)F)cc3)c3c2ccc2ccccc23)cc1. The van der Waals surface area contributed by atoms with Crippen molar-refractivity contribution in [1.29, 1.82) is 0 Å². The third kappa shape index (κ3) is 3.85. The molecule has 0 unspecified atom stereocenters. The molecule has 0 N–H and O–H groups in total. The molecule has 0 atom stereocenters. The van der Waals surface area contributed by atoms with Gasteiger partial charge in [-0.1, -0.05) is 60.7 Å². The van der Waals surface area contributed by atoms with E-state index < -0.39 is 23.5 Å². The number of aromatic nitrogens is 2. The minimum atomic E-state index is -4.47. The molecule has 170 valence electrons. The number of nitrogens with zero attached hydrogens (tertiary/aromatic N) is 2. The maximum absolute atomic E-state index is 13.0. The van der Waals surface area contributed by atoms with E-state index in [0.29, 0.717) is 33.3 Å². The Labute approximate surface area is 189 Å². The van der Waals surface area contributed by atoms with Crippen LogP contribution in [0, 0.1) is 0 Å². The summed E-state index contributed by atoms with van der Waals surface area (Å²) in [6.07, 6.45) is -8.93. The van der Waals surface area contributed by atoms with Crippen molar-refractivity contribution in [3.63, 3.8) is 0 Å². The average Bonchev–Trinajstić information content (AvgIpc) is 2.82. The van der Waals surface area contributed by atoms with E-state index in [1.807, 2.05) is 30.3 Å². The van der Waals surface area contributed by atoms with Crippen LogP contribution in [0.4, 0.5) is 26.3 Å². The predicted molar refractivity (Wildman–Crippen MR) is 118 cm³/mol. The zero-order valence-electron chi connectivity index (χ0n) is 17.2. The lowest BCUT2D eigenvalue weighted by Crippen LogP contribution is -2.04. The maximum atomic E-state index is 13.0. The standard InChI is InChI=1S/C26H14F6N2/c27-25(28,29)18-10-5-16(6-11-18)23-21-14-9-15-3-1-2-4-20(15)22(21)24(34-33-23)17-7-12-19(13-8-17)26(30,31)32/h1-14H. The van der Waals surface area contributed by atoms with Crippen LogP contribution in [0.2, 0.25) is 0 Å². The highest BCUT2D eigenvalue weighted by Gasteiger charge is 2.31. The van der Waals surface area contributed by atoms with Gasteiger partial charge < -0.3 is 0 Å². The van der Waals surface area contributed by atoms with E-state index in [2.05, 4.69) is 10.2 Å². The van der Waals surface area contributed by atoms with Crippen LogP contribution < -0.4 is 0 Å². The molecule has 34 heavy (non-hydrogen) atoms. The summed E-state index contributed by atoms with van der Waals surface area (Å²) in [5.74, 6) is 0. The molecule has 0 aliphatic heterocycles. The highest BCUT2D eigenvalue weighted by atomic mass is 19.4. The fraction of sp³-hybridized carbons (Fsp3) is 0.0769. The van der Waals surface area contributed by atoms with Gasteiger partial charge in [-0.05, 0) is 35.0 Å². The molecule has 4 aromatic carbocycles. The molecule has 0 spiro atoms. The van der Waals surface area contributed by atoms with Crippen LogP contribution in [0.3, 0.4) is 0 Å². The maximum Gasteiger partial charge on any atom is 0.416 e. The smallest absolute Gasteiger partial charge is 0.166 e. The van der Waals surface area contributed by atoms with Crippen LogP contribution in [0.5, 0.6) is 0 Å². The molecular formula is C26H14F6N2. The summed E-state index contributed by atoms with van der Waals surface area (Å²) < 4.78 is 78.1. The minimum absolute atomic E-state index is 0.380. The van der Waals surface area contributed by atoms with Gasteiger partial charge in [-0.3, -0.25) is 0 Å². The molecule has 5 rings (SSSR count). The molecule has 1 heterocycles. The van der Waals surface area contributed by atoms with Crippen LogP contribution in [0.25, 0.3) is 44.1 Å². The number of halogens is 6. The van der Waals surface area contributed by atoms with E-state index in [-0.39, 0.29) is 0 Å². The number of hydrogen-bond donors (Lipinski definition) is 0. The lowest BCUT2D eigenvalue weighted by Gasteiger charge is -2.14. The first kappa shape index (κ1) is 21.9. The summed E-state index contributed by atoms with van der Waals surface area (Å²) in [6.45, 7) is 0. The Bertz CT molecular complexity index is 1500. The quantitative estimate of drug-likeness (QED) is 0.193. The minimum Gasteiger partial charge on any atom is -0.166 e. The van der Waals surface area contributed by atoms with Crippen molar-refractivity contribution in [3.8, 4) is 22.5 Å². The van der Waals surface area contributed by atoms with Crippen molar-refractivity contribution in [3.05, 3.63) is 96.1 Å². The molecule has 0 saturated carbocycles. The molecule has 0 saturated heterocycles. The molecule has 0 aliphatic rings. The summed E-state index contributed by atoms with van der Waals surface area (Å²) >= 11 is 0.